The fourth-order valence-electron chi connectivity index (χ4n) is 5.33. The molecule has 2 atom stereocenters. The Morgan fingerprint density at radius 2 is 1.86 bits per heavy atom. The number of carbonyl (C=O) groups excluding carboxylic acids is 1. The minimum atomic E-state index is -0.162. The van der Waals surface area contributed by atoms with E-state index in [1.807, 2.05) is 6.07 Å². The molecule has 5 heteroatoms. The van der Waals surface area contributed by atoms with Crippen LogP contribution in [0.5, 0.6) is 0 Å². The third kappa shape index (κ3) is 2.47. The zero-order valence-electron chi connectivity index (χ0n) is 16.5. The number of nitrogens with zero attached hydrogens (tertiary/aromatic N) is 2. The SMILES string of the molecule is CN1CCn2cc(C3C(=O)NCC3c3c[nH]c4ccccc34)c3cccc(c32)C1. The van der Waals surface area contributed by atoms with E-state index in [1.165, 1.54) is 27.4 Å². The van der Waals surface area contributed by atoms with Gasteiger partial charge in [0.15, 0.2) is 0 Å². The predicted octanol–water partition coefficient (Wildman–Crippen LogP) is 3.57. The summed E-state index contributed by atoms with van der Waals surface area (Å²) in [5.74, 6) is 0.108. The van der Waals surface area contributed by atoms with Gasteiger partial charge in [-0.25, -0.2) is 0 Å². The van der Waals surface area contributed by atoms with Gasteiger partial charge in [-0.1, -0.05) is 36.4 Å². The maximum Gasteiger partial charge on any atom is 0.228 e. The molecule has 1 fully saturated rings. The van der Waals surface area contributed by atoms with E-state index in [1.54, 1.807) is 0 Å². The van der Waals surface area contributed by atoms with E-state index in [-0.39, 0.29) is 17.7 Å². The van der Waals surface area contributed by atoms with Gasteiger partial charge < -0.3 is 19.8 Å². The third-order valence-corrected chi connectivity index (χ3v) is 6.71. The van der Waals surface area contributed by atoms with Crippen molar-refractivity contribution in [2.24, 2.45) is 0 Å². The number of para-hydroxylation sites is 2. The highest BCUT2D eigenvalue weighted by atomic mass is 16.2. The molecule has 2 aromatic carbocycles. The van der Waals surface area contributed by atoms with Crippen LogP contribution in [0.4, 0.5) is 0 Å². The Labute approximate surface area is 169 Å². The number of hydrogen-bond acceptors (Lipinski definition) is 2. The quantitative estimate of drug-likeness (QED) is 0.555. The van der Waals surface area contributed by atoms with Crippen molar-refractivity contribution >= 4 is 27.7 Å². The Morgan fingerprint density at radius 3 is 2.79 bits per heavy atom. The summed E-state index contributed by atoms with van der Waals surface area (Å²) < 4.78 is 2.36. The number of H-pyrrole nitrogens is 1. The van der Waals surface area contributed by atoms with E-state index in [2.05, 4.69) is 75.6 Å². The average molecular weight is 384 g/mol. The fraction of sp³-hybridized carbons (Fsp3) is 0.292. The zero-order chi connectivity index (χ0) is 19.5. The van der Waals surface area contributed by atoms with Crippen molar-refractivity contribution in [2.45, 2.75) is 24.9 Å². The molecule has 0 radical (unpaired) electrons. The highest BCUT2D eigenvalue weighted by Gasteiger charge is 2.40. The second-order valence-electron chi connectivity index (χ2n) is 8.45. The Hall–Kier alpha value is -3.05. The molecule has 1 amide bonds. The number of aromatic amines is 1. The smallest absolute Gasteiger partial charge is 0.228 e. The van der Waals surface area contributed by atoms with Crippen molar-refractivity contribution in [1.29, 1.82) is 0 Å². The summed E-state index contributed by atoms with van der Waals surface area (Å²) in [7, 11) is 2.17. The second-order valence-corrected chi connectivity index (χ2v) is 8.45. The number of aromatic nitrogens is 2. The fourth-order valence-corrected chi connectivity index (χ4v) is 5.33. The van der Waals surface area contributed by atoms with Gasteiger partial charge in [-0.05, 0) is 29.8 Å². The number of amides is 1. The summed E-state index contributed by atoms with van der Waals surface area (Å²) in [6.07, 6.45) is 4.33. The molecule has 2 N–H and O–H groups in total. The summed E-state index contributed by atoms with van der Waals surface area (Å²) in [4.78, 5) is 18.8. The normalized spacial score (nSPS) is 22.3. The van der Waals surface area contributed by atoms with Crippen LogP contribution in [0.1, 0.15) is 28.5 Å². The van der Waals surface area contributed by atoms with Crippen LogP contribution in [0, 0.1) is 0 Å². The van der Waals surface area contributed by atoms with E-state index in [9.17, 15) is 4.79 Å². The maximum absolute atomic E-state index is 13.0. The number of hydrogen-bond donors (Lipinski definition) is 2. The lowest BCUT2D eigenvalue weighted by molar-refractivity contribution is -0.120. The van der Waals surface area contributed by atoms with Gasteiger partial charge in [0.2, 0.25) is 5.91 Å². The first kappa shape index (κ1) is 16.9. The van der Waals surface area contributed by atoms with Crippen LogP contribution in [-0.4, -0.2) is 40.5 Å². The molecule has 146 valence electrons. The summed E-state index contributed by atoms with van der Waals surface area (Å²) in [5.41, 5.74) is 6.16. The minimum absolute atomic E-state index is 0.131. The number of carbonyl (C=O) groups is 1. The van der Waals surface area contributed by atoms with Gasteiger partial charge >= 0.3 is 0 Å². The Balaban J connectivity index is 1.53. The molecular weight excluding hydrogens is 360 g/mol. The number of likely N-dealkylation sites (N-methyl/N-ethyl adjacent to an activating group) is 1. The predicted molar refractivity (Wildman–Crippen MR) is 115 cm³/mol. The van der Waals surface area contributed by atoms with Crippen molar-refractivity contribution in [3.63, 3.8) is 0 Å². The molecule has 4 aromatic rings. The summed E-state index contributed by atoms with van der Waals surface area (Å²) >= 11 is 0. The van der Waals surface area contributed by atoms with E-state index >= 15 is 0 Å². The monoisotopic (exact) mass is 384 g/mol. The third-order valence-electron chi connectivity index (χ3n) is 6.71. The lowest BCUT2D eigenvalue weighted by atomic mass is 9.83. The van der Waals surface area contributed by atoms with Crippen molar-refractivity contribution in [1.82, 2.24) is 19.8 Å². The van der Waals surface area contributed by atoms with Crippen molar-refractivity contribution in [3.05, 3.63) is 71.5 Å². The maximum atomic E-state index is 13.0. The molecule has 0 saturated carbocycles. The molecule has 0 bridgehead atoms. The number of rotatable bonds is 2. The molecule has 2 aromatic heterocycles. The Morgan fingerprint density at radius 1 is 1.00 bits per heavy atom. The van der Waals surface area contributed by atoms with Gasteiger partial charge in [0.1, 0.15) is 0 Å². The van der Waals surface area contributed by atoms with Crippen molar-refractivity contribution < 1.29 is 4.79 Å². The first-order valence-corrected chi connectivity index (χ1v) is 10.3. The van der Waals surface area contributed by atoms with Crippen molar-refractivity contribution in [3.8, 4) is 0 Å². The number of nitrogens with one attached hydrogen (secondary N) is 2. The molecular formula is C24H24N4O. The molecule has 4 heterocycles. The lowest BCUT2D eigenvalue weighted by Gasteiger charge is -2.17. The van der Waals surface area contributed by atoms with Crippen LogP contribution in [0.2, 0.25) is 0 Å². The number of fused-ring (bicyclic) bond motifs is 1. The average Bonchev–Trinajstić information content (AvgIpc) is 3.38. The van der Waals surface area contributed by atoms with E-state index in [0.717, 1.165) is 30.7 Å². The first-order chi connectivity index (χ1) is 14.2. The van der Waals surface area contributed by atoms with Gasteiger partial charge in [0.05, 0.1) is 11.4 Å². The van der Waals surface area contributed by atoms with Crippen LogP contribution >= 0.6 is 0 Å². The van der Waals surface area contributed by atoms with Crippen LogP contribution in [0.15, 0.2) is 54.9 Å². The molecule has 0 spiro atoms. The van der Waals surface area contributed by atoms with Crippen molar-refractivity contribution in [2.75, 3.05) is 20.1 Å². The van der Waals surface area contributed by atoms with E-state index in [0.29, 0.717) is 6.54 Å². The van der Waals surface area contributed by atoms with Gasteiger partial charge in [-0.2, -0.15) is 0 Å². The molecule has 2 unspecified atom stereocenters. The minimum Gasteiger partial charge on any atom is -0.361 e. The largest absolute Gasteiger partial charge is 0.361 e. The molecule has 2 aliphatic heterocycles. The zero-order valence-corrected chi connectivity index (χ0v) is 16.5. The van der Waals surface area contributed by atoms with Crippen LogP contribution in [0.3, 0.4) is 0 Å². The topological polar surface area (TPSA) is 53.1 Å². The van der Waals surface area contributed by atoms with E-state index < -0.39 is 0 Å². The van der Waals surface area contributed by atoms with Crippen LogP contribution in [-0.2, 0) is 17.9 Å². The molecule has 5 nitrogen and oxygen atoms in total. The summed E-state index contributed by atoms with van der Waals surface area (Å²) in [5, 5.41) is 5.58. The molecule has 29 heavy (non-hydrogen) atoms. The van der Waals surface area contributed by atoms with Gasteiger partial charge in [0, 0.05) is 60.8 Å². The molecule has 2 aliphatic rings. The summed E-state index contributed by atoms with van der Waals surface area (Å²) in [6, 6.07) is 14.9. The molecule has 1 saturated heterocycles. The highest BCUT2D eigenvalue weighted by Crippen LogP contribution is 2.43. The summed E-state index contributed by atoms with van der Waals surface area (Å²) in [6.45, 7) is 3.60. The van der Waals surface area contributed by atoms with Crippen LogP contribution < -0.4 is 5.32 Å². The van der Waals surface area contributed by atoms with Gasteiger partial charge in [0.25, 0.3) is 0 Å². The Kier molecular flexibility index (Phi) is 3.62. The van der Waals surface area contributed by atoms with Gasteiger partial charge in [-0.3, -0.25) is 4.79 Å². The van der Waals surface area contributed by atoms with Gasteiger partial charge in [-0.15, -0.1) is 0 Å². The Bertz CT molecular complexity index is 1250. The standard InChI is InChI=1S/C24H24N4O/c1-27-9-10-28-14-20(17-7-4-5-15(13-27)23(17)28)22-19(12-26-24(22)29)18-11-25-21-8-3-2-6-16(18)21/h2-8,11,14,19,22,25H,9-10,12-13H2,1H3,(H,26,29). The van der Waals surface area contributed by atoms with E-state index in [4.69, 9.17) is 0 Å². The molecule has 6 rings (SSSR count). The lowest BCUT2D eigenvalue weighted by Crippen LogP contribution is -2.20. The molecule has 0 aliphatic carbocycles. The first-order valence-electron chi connectivity index (χ1n) is 10.3. The number of benzene rings is 2. The highest BCUT2D eigenvalue weighted by molar-refractivity contribution is 5.97. The second kappa shape index (κ2) is 6.22. The van der Waals surface area contributed by atoms with Crippen LogP contribution in [0.25, 0.3) is 21.8 Å².